The Morgan fingerprint density at radius 2 is 2.06 bits per heavy atom. The summed E-state index contributed by atoms with van der Waals surface area (Å²) < 4.78 is 39.5. The van der Waals surface area contributed by atoms with Crippen LogP contribution in [0, 0.1) is 0 Å². The van der Waals surface area contributed by atoms with E-state index in [2.05, 4.69) is 10.1 Å². The highest BCUT2D eigenvalue weighted by atomic mass is 19.4. The SMILES string of the molecule is CCC(CCO)NCCCOCC(F)(F)F. The standard InChI is InChI=1S/C10H20F3NO2/c1-2-9(4-6-15)14-5-3-7-16-8-10(11,12)13/h9,14-15H,2-8H2,1H3. The number of halogens is 3. The molecule has 0 rings (SSSR count). The molecule has 0 aliphatic heterocycles. The van der Waals surface area contributed by atoms with E-state index in [0.29, 0.717) is 19.4 Å². The van der Waals surface area contributed by atoms with Crippen LogP contribution in [0.4, 0.5) is 13.2 Å². The van der Waals surface area contributed by atoms with E-state index < -0.39 is 12.8 Å². The van der Waals surface area contributed by atoms with Crippen molar-refractivity contribution in [1.29, 1.82) is 0 Å². The van der Waals surface area contributed by atoms with Crippen LogP contribution in [0.5, 0.6) is 0 Å². The third kappa shape index (κ3) is 10.2. The van der Waals surface area contributed by atoms with Crippen molar-refractivity contribution < 1.29 is 23.0 Å². The van der Waals surface area contributed by atoms with Crippen molar-refractivity contribution in [2.45, 2.75) is 38.4 Å². The Balaban J connectivity index is 3.32. The molecule has 0 amide bonds. The van der Waals surface area contributed by atoms with Crippen molar-refractivity contribution in [3.05, 3.63) is 0 Å². The van der Waals surface area contributed by atoms with Gasteiger partial charge in [-0.05, 0) is 25.8 Å². The lowest BCUT2D eigenvalue weighted by atomic mass is 10.1. The number of rotatable bonds is 9. The number of hydrogen-bond acceptors (Lipinski definition) is 3. The molecule has 0 bridgehead atoms. The topological polar surface area (TPSA) is 41.5 Å². The van der Waals surface area contributed by atoms with Crippen LogP contribution in [0.15, 0.2) is 0 Å². The minimum atomic E-state index is -4.24. The molecule has 98 valence electrons. The predicted molar refractivity (Wildman–Crippen MR) is 55.3 cm³/mol. The van der Waals surface area contributed by atoms with Gasteiger partial charge in [0.05, 0.1) is 0 Å². The van der Waals surface area contributed by atoms with Crippen LogP contribution >= 0.6 is 0 Å². The molecular weight excluding hydrogens is 223 g/mol. The average Bonchev–Trinajstić information content (AvgIpc) is 2.20. The van der Waals surface area contributed by atoms with Gasteiger partial charge in [-0.1, -0.05) is 6.92 Å². The van der Waals surface area contributed by atoms with Crippen molar-refractivity contribution >= 4 is 0 Å². The Kier molecular flexibility index (Phi) is 8.60. The third-order valence-corrected chi connectivity index (χ3v) is 2.13. The summed E-state index contributed by atoms with van der Waals surface area (Å²) in [6, 6.07) is 0.229. The number of hydrogen-bond donors (Lipinski definition) is 2. The fraction of sp³-hybridized carbons (Fsp3) is 1.00. The molecule has 0 radical (unpaired) electrons. The highest BCUT2D eigenvalue weighted by molar-refractivity contribution is 4.63. The Hall–Kier alpha value is -0.330. The molecule has 6 heteroatoms. The molecule has 3 nitrogen and oxygen atoms in total. The van der Waals surface area contributed by atoms with Crippen LogP contribution < -0.4 is 5.32 Å². The van der Waals surface area contributed by atoms with Gasteiger partial charge in [0, 0.05) is 19.3 Å². The zero-order valence-electron chi connectivity index (χ0n) is 9.52. The van der Waals surface area contributed by atoms with Crippen molar-refractivity contribution in [1.82, 2.24) is 5.32 Å². The van der Waals surface area contributed by atoms with Gasteiger partial charge in [0.25, 0.3) is 0 Å². The Labute approximate surface area is 94.0 Å². The molecule has 0 aromatic rings. The van der Waals surface area contributed by atoms with E-state index in [1.807, 2.05) is 6.92 Å². The molecule has 1 atom stereocenters. The van der Waals surface area contributed by atoms with E-state index in [0.717, 1.165) is 6.42 Å². The fourth-order valence-electron chi connectivity index (χ4n) is 1.27. The number of aliphatic hydroxyl groups excluding tert-OH is 1. The summed E-state index contributed by atoms with van der Waals surface area (Å²) >= 11 is 0. The van der Waals surface area contributed by atoms with Crippen LogP contribution in [-0.2, 0) is 4.74 Å². The lowest BCUT2D eigenvalue weighted by molar-refractivity contribution is -0.173. The molecule has 0 saturated heterocycles. The summed E-state index contributed by atoms with van der Waals surface area (Å²) in [7, 11) is 0. The number of nitrogens with one attached hydrogen (secondary N) is 1. The molecule has 0 aliphatic rings. The smallest absolute Gasteiger partial charge is 0.396 e. The summed E-state index contributed by atoms with van der Waals surface area (Å²) in [5.41, 5.74) is 0. The first-order chi connectivity index (χ1) is 7.49. The van der Waals surface area contributed by atoms with Crippen LogP contribution in [0.3, 0.4) is 0 Å². The first kappa shape index (κ1) is 15.7. The maximum absolute atomic E-state index is 11.7. The van der Waals surface area contributed by atoms with Gasteiger partial charge in [0.2, 0.25) is 0 Å². The highest BCUT2D eigenvalue weighted by Gasteiger charge is 2.27. The average molecular weight is 243 g/mol. The monoisotopic (exact) mass is 243 g/mol. The number of aliphatic hydroxyl groups is 1. The normalized spacial score (nSPS) is 14.1. The second kappa shape index (κ2) is 8.78. The van der Waals surface area contributed by atoms with Crippen molar-refractivity contribution in [3.8, 4) is 0 Å². The molecule has 0 saturated carbocycles. The number of ether oxygens (including phenoxy) is 1. The molecular formula is C10H20F3NO2. The van der Waals surface area contributed by atoms with Gasteiger partial charge in [-0.2, -0.15) is 13.2 Å². The summed E-state index contributed by atoms with van der Waals surface area (Å²) in [6.07, 6.45) is -2.14. The minimum Gasteiger partial charge on any atom is -0.396 e. The van der Waals surface area contributed by atoms with Gasteiger partial charge >= 0.3 is 6.18 Å². The van der Waals surface area contributed by atoms with Crippen LogP contribution in [0.1, 0.15) is 26.2 Å². The molecule has 0 fully saturated rings. The van der Waals surface area contributed by atoms with E-state index in [1.165, 1.54) is 0 Å². The van der Waals surface area contributed by atoms with Gasteiger partial charge in [-0.3, -0.25) is 0 Å². The molecule has 0 heterocycles. The number of alkyl halides is 3. The van der Waals surface area contributed by atoms with E-state index in [1.54, 1.807) is 0 Å². The maximum Gasteiger partial charge on any atom is 0.411 e. The zero-order valence-corrected chi connectivity index (χ0v) is 9.52. The molecule has 1 unspecified atom stereocenters. The predicted octanol–water partition coefficient (Wildman–Crippen LogP) is 1.71. The van der Waals surface area contributed by atoms with Crippen LogP contribution in [0.2, 0.25) is 0 Å². The first-order valence-corrected chi connectivity index (χ1v) is 5.48. The largest absolute Gasteiger partial charge is 0.411 e. The molecule has 0 aliphatic carbocycles. The van der Waals surface area contributed by atoms with Gasteiger partial charge < -0.3 is 15.2 Å². The molecule has 0 aromatic carbocycles. The lowest BCUT2D eigenvalue weighted by Gasteiger charge is -2.15. The van der Waals surface area contributed by atoms with Gasteiger partial charge in [0.15, 0.2) is 0 Å². The Morgan fingerprint density at radius 3 is 2.56 bits per heavy atom. The second-order valence-electron chi connectivity index (χ2n) is 3.59. The minimum absolute atomic E-state index is 0.0993. The maximum atomic E-state index is 11.7. The van der Waals surface area contributed by atoms with Crippen LogP contribution in [-0.4, -0.2) is 43.7 Å². The highest BCUT2D eigenvalue weighted by Crippen LogP contribution is 2.14. The van der Waals surface area contributed by atoms with E-state index in [9.17, 15) is 13.2 Å². The van der Waals surface area contributed by atoms with E-state index in [4.69, 9.17) is 5.11 Å². The second-order valence-corrected chi connectivity index (χ2v) is 3.59. The van der Waals surface area contributed by atoms with E-state index in [-0.39, 0.29) is 19.3 Å². The van der Waals surface area contributed by atoms with Crippen molar-refractivity contribution in [2.24, 2.45) is 0 Å². The van der Waals surface area contributed by atoms with Crippen molar-refractivity contribution in [3.63, 3.8) is 0 Å². The summed E-state index contributed by atoms with van der Waals surface area (Å²) in [5.74, 6) is 0. The van der Waals surface area contributed by atoms with Crippen LogP contribution in [0.25, 0.3) is 0 Å². The molecule has 2 N–H and O–H groups in total. The Bertz CT molecular complexity index is 165. The summed E-state index contributed by atoms with van der Waals surface area (Å²) in [5, 5.41) is 11.9. The van der Waals surface area contributed by atoms with Crippen molar-refractivity contribution in [2.75, 3.05) is 26.4 Å². The summed E-state index contributed by atoms with van der Waals surface area (Å²) in [4.78, 5) is 0. The molecule has 0 aromatic heterocycles. The van der Waals surface area contributed by atoms with Gasteiger partial charge in [0.1, 0.15) is 6.61 Å². The quantitative estimate of drug-likeness (QED) is 0.606. The van der Waals surface area contributed by atoms with E-state index >= 15 is 0 Å². The van der Waals surface area contributed by atoms with Gasteiger partial charge in [-0.15, -0.1) is 0 Å². The lowest BCUT2D eigenvalue weighted by Crippen LogP contribution is -2.31. The van der Waals surface area contributed by atoms with Gasteiger partial charge in [-0.25, -0.2) is 0 Å². The molecule has 16 heavy (non-hydrogen) atoms. The molecule has 0 spiro atoms. The fourth-order valence-corrected chi connectivity index (χ4v) is 1.27. The Morgan fingerprint density at radius 1 is 1.38 bits per heavy atom. The summed E-state index contributed by atoms with van der Waals surface area (Å²) in [6.45, 7) is 1.64. The third-order valence-electron chi connectivity index (χ3n) is 2.13. The zero-order chi connectivity index (χ0) is 12.4. The first-order valence-electron chi connectivity index (χ1n) is 5.48.